The van der Waals surface area contributed by atoms with Crippen molar-refractivity contribution in [3.05, 3.63) is 34.8 Å². The lowest BCUT2D eigenvalue weighted by atomic mass is 10.1. The van der Waals surface area contributed by atoms with Crippen LogP contribution in [0.3, 0.4) is 0 Å². The molecule has 0 heterocycles. The molecule has 64 valence electrons. The SMILES string of the molecule is COc1ccc(/C(C)=C/Br)cc1. The summed E-state index contributed by atoms with van der Waals surface area (Å²) in [5.41, 5.74) is 2.41. The van der Waals surface area contributed by atoms with Crippen LogP contribution in [0, 0.1) is 0 Å². The van der Waals surface area contributed by atoms with Crippen molar-refractivity contribution in [1.29, 1.82) is 0 Å². The summed E-state index contributed by atoms with van der Waals surface area (Å²) in [5, 5.41) is 0. The fourth-order valence-electron chi connectivity index (χ4n) is 0.917. The van der Waals surface area contributed by atoms with Crippen LogP contribution in [-0.4, -0.2) is 7.11 Å². The van der Waals surface area contributed by atoms with E-state index in [1.165, 1.54) is 11.1 Å². The van der Waals surface area contributed by atoms with Crippen molar-refractivity contribution >= 4 is 21.5 Å². The Labute approximate surface area is 81.2 Å². The maximum absolute atomic E-state index is 5.05. The third-order valence-electron chi connectivity index (χ3n) is 1.71. The molecule has 0 saturated heterocycles. The van der Waals surface area contributed by atoms with Crippen LogP contribution in [0.4, 0.5) is 0 Å². The number of allylic oxidation sites excluding steroid dienone is 1. The topological polar surface area (TPSA) is 9.23 Å². The van der Waals surface area contributed by atoms with Gasteiger partial charge in [-0.1, -0.05) is 28.1 Å². The maximum Gasteiger partial charge on any atom is 0.118 e. The van der Waals surface area contributed by atoms with Gasteiger partial charge in [-0.15, -0.1) is 0 Å². The largest absolute Gasteiger partial charge is 0.497 e. The number of rotatable bonds is 2. The molecule has 0 N–H and O–H groups in total. The monoisotopic (exact) mass is 226 g/mol. The lowest BCUT2D eigenvalue weighted by molar-refractivity contribution is 0.415. The van der Waals surface area contributed by atoms with Gasteiger partial charge in [-0.3, -0.25) is 0 Å². The van der Waals surface area contributed by atoms with Crippen molar-refractivity contribution in [1.82, 2.24) is 0 Å². The molecule has 0 bridgehead atoms. The highest BCUT2D eigenvalue weighted by atomic mass is 79.9. The average Bonchev–Trinajstić information content (AvgIpc) is 2.17. The van der Waals surface area contributed by atoms with Crippen LogP contribution in [0.25, 0.3) is 5.57 Å². The summed E-state index contributed by atoms with van der Waals surface area (Å²) in [5.74, 6) is 0.890. The normalized spacial score (nSPS) is 11.4. The van der Waals surface area contributed by atoms with E-state index in [1.54, 1.807) is 7.11 Å². The second-order valence-electron chi connectivity index (χ2n) is 2.52. The molecular formula is C10H11BrO. The maximum atomic E-state index is 5.05. The molecule has 1 aromatic carbocycles. The highest BCUT2D eigenvalue weighted by Gasteiger charge is 1.94. The standard InChI is InChI=1S/C10H11BrO/c1-8(7-11)9-3-5-10(12-2)6-4-9/h3-7H,1-2H3/b8-7+. The van der Waals surface area contributed by atoms with Gasteiger partial charge in [0, 0.05) is 0 Å². The molecule has 1 aromatic rings. The predicted octanol–water partition coefficient (Wildman–Crippen LogP) is 3.45. The molecule has 0 saturated carbocycles. The number of methoxy groups -OCH3 is 1. The molecule has 0 unspecified atom stereocenters. The fourth-order valence-corrected chi connectivity index (χ4v) is 1.18. The third-order valence-corrected chi connectivity index (χ3v) is 2.40. The van der Waals surface area contributed by atoms with Crippen molar-refractivity contribution in [2.75, 3.05) is 7.11 Å². The summed E-state index contributed by atoms with van der Waals surface area (Å²) in [6.45, 7) is 2.05. The molecule has 2 heteroatoms. The first-order valence-electron chi connectivity index (χ1n) is 3.69. The van der Waals surface area contributed by atoms with Crippen molar-refractivity contribution in [3.8, 4) is 5.75 Å². The van der Waals surface area contributed by atoms with Crippen molar-refractivity contribution in [3.63, 3.8) is 0 Å². The molecule has 0 amide bonds. The Bertz CT molecular complexity index is 274. The number of hydrogen-bond donors (Lipinski definition) is 0. The Kier molecular flexibility index (Phi) is 3.35. The Balaban J connectivity index is 2.92. The lowest BCUT2D eigenvalue weighted by Gasteiger charge is -2.02. The van der Waals surface area contributed by atoms with Crippen LogP contribution in [0.1, 0.15) is 12.5 Å². The molecule has 0 aromatic heterocycles. The minimum Gasteiger partial charge on any atom is -0.497 e. The molecule has 0 radical (unpaired) electrons. The molecule has 1 nitrogen and oxygen atoms in total. The van der Waals surface area contributed by atoms with Gasteiger partial charge in [0.25, 0.3) is 0 Å². The van der Waals surface area contributed by atoms with Gasteiger partial charge in [-0.05, 0) is 35.2 Å². The summed E-state index contributed by atoms with van der Waals surface area (Å²) >= 11 is 3.29. The highest BCUT2D eigenvalue weighted by molar-refractivity contribution is 9.11. The summed E-state index contributed by atoms with van der Waals surface area (Å²) in [6, 6.07) is 7.97. The van der Waals surface area contributed by atoms with E-state index < -0.39 is 0 Å². The van der Waals surface area contributed by atoms with E-state index >= 15 is 0 Å². The van der Waals surface area contributed by atoms with Gasteiger partial charge >= 0.3 is 0 Å². The first kappa shape index (κ1) is 9.33. The average molecular weight is 227 g/mol. The quantitative estimate of drug-likeness (QED) is 0.751. The summed E-state index contributed by atoms with van der Waals surface area (Å²) in [4.78, 5) is 1.91. The first-order chi connectivity index (χ1) is 5.77. The van der Waals surface area contributed by atoms with E-state index in [-0.39, 0.29) is 0 Å². The first-order valence-corrected chi connectivity index (χ1v) is 4.61. The zero-order valence-corrected chi connectivity index (χ0v) is 8.76. The molecular weight excluding hydrogens is 216 g/mol. The van der Waals surface area contributed by atoms with Crippen LogP contribution in [0.2, 0.25) is 0 Å². The molecule has 0 atom stereocenters. The molecule has 0 aliphatic rings. The van der Waals surface area contributed by atoms with Crippen LogP contribution >= 0.6 is 15.9 Å². The van der Waals surface area contributed by atoms with Gasteiger partial charge in [0.1, 0.15) is 5.75 Å². The fraction of sp³-hybridized carbons (Fsp3) is 0.200. The van der Waals surface area contributed by atoms with E-state index in [0.29, 0.717) is 0 Å². The zero-order chi connectivity index (χ0) is 8.97. The van der Waals surface area contributed by atoms with Crippen molar-refractivity contribution in [2.45, 2.75) is 6.92 Å². The van der Waals surface area contributed by atoms with E-state index in [4.69, 9.17) is 4.74 Å². The number of halogens is 1. The minimum absolute atomic E-state index is 0.890. The number of benzene rings is 1. The van der Waals surface area contributed by atoms with Gasteiger partial charge in [-0.2, -0.15) is 0 Å². The number of ether oxygens (including phenoxy) is 1. The number of hydrogen-bond acceptors (Lipinski definition) is 1. The second kappa shape index (κ2) is 4.31. The molecule has 12 heavy (non-hydrogen) atoms. The predicted molar refractivity (Wildman–Crippen MR) is 55.6 cm³/mol. The summed E-state index contributed by atoms with van der Waals surface area (Å²) < 4.78 is 5.05. The van der Waals surface area contributed by atoms with E-state index in [0.717, 1.165) is 5.75 Å². The Morgan fingerprint density at radius 2 is 1.92 bits per heavy atom. The minimum atomic E-state index is 0.890. The van der Waals surface area contributed by atoms with Gasteiger partial charge < -0.3 is 4.74 Å². The molecule has 1 rings (SSSR count). The molecule has 0 aliphatic heterocycles. The van der Waals surface area contributed by atoms with Crippen LogP contribution in [0.15, 0.2) is 29.3 Å². The molecule has 0 spiro atoms. The van der Waals surface area contributed by atoms with E-state index in [1.807, 2.05) is 29.3 Å². The Morgan fingerprint density at radius 3 is 2.33 bits per heavy atom. The second-order valence-corrected chi connectivity index (χ2v) is 2.98. The van der Waals surface area contributed by atoms with Gasteiger partial charge in [0.05, 0.1) is 7.11 Å². The lowest BCUT2D eigenvalue weighted by Crippen LogP contribution is -1.83. The smallest absolute Gasteiger partial charge is 0.118 e. The van der Waals surface area contributed by atoms with E-state index in [2.05, 4.69) is 22.9 Å². The van der Waals surface area contributed by atoms with E-state index in [9.17, 15) is 0 Å². The van der Waals surface area contributed by atoms with Crippen LogP contribution < -0.4 is 4.74 Å². The van der Waals surface area contributed by atoms with Crippen molar-refractivity contribution < 1.29 is 4.74 Å². The summed E-state index contributed by atoms with van der Waals surface area (Å²) in [7, 11) is 1.67. The van der Waals surface area contributed by atoms with Crippen LogP contribution in [-0.2, 0) is 0 Å². The Hall–Kier alpha value is -0.760. The zero-order valence-electron chi connectivity index (χ0n) is 7.17. The van der Waals surface area contributed by atoms with Gasteiger partial charge in [-0.25, -0.2) is 0 Å². The Morgan fingerprint density at radius 1 is 1.33 bits per heavy atom. The highest BCUT2D eigenvalue weighted by Crippen LogP contribution is 2.18. The molecule has 0 aliphatic carbocycles. The van der Waals surface area contributed by atoms with Gasteiger partial charge in [0.15, 0.2) is 0 Å². The van der Waals surface area contributed by atoms with Crippen LogP contribution in [0.5, 0.6) is 5.75 Å². The van der Waals surface area contributed by atoms with Crippen molar-refractivity contribution in [2.24, 2.45) is 0 Å². The summed E-state index contributed by atoms with van der Waals surface area (Å²) in [6.07, 6.45) is 0. The third kappa shape index (κ3) is 2.11. The van der Waals surface area contributed by atoms with Gasteiger partial charge in [0.2, 0.25) is 0 Å². The molecule has 0 fully saturated rings.